The first kappa shape index (κ1) is 33.7. The van der Waals surface area contributed by atoms with Crippen molar-refractivity contribution in [3.8, 4) is 0 Å². The van der Waals surface area contributed by atoms with Crippen molar-refractivity contribution in [3.63, 3.8) is 0 Å². The molecule has 0 bridgehead atoms. The van der Waals surface area contributed by atoms with Crippen LogP contribution in [0.2, 0.25) is 0 Å². The van der Waals surface area contributed by atoms with Crippen molar-refractivity contribution in [3.05, 3.63) is 126 Å². The third-order valence-electron chi connectivity index (χ3n) is 7.40. The molecular formula is C37H36NO8P. The molecule has 5 rings (SSSR count). The highest BCUT2D eigenvalue weighted by atomic mass is 31.1. The van der Waals surface area contributed by atoms with Gasteiger partial charge in [-0.25, -0.2) is 4.79 Å². The molecule has 0 N–H and O–H groups in total. The van der Waals surface area contributed by atoms with E-state index in [1.54, 1.807) is 36.5 Å². The monoisotopic (exact) mass is 653 g/mol. The summed E-state index contributed by atoms with van der Waals surface area (Å²) in [7, 11) is 0.480. The van der Waals surface area contributed by atoms with Crippen LogP contribution < -0.4 is 15.9 Å². The number of hydrogen-bond acceptors (Lipinski definition) is 9. The van der Waals surface area contributed by atoms with E-state index in [9.17, 15) is 14.4 Å². The molecule has 5 atom stereocenters. The van der Waals surface area contributed by atoms with Crippen LogP contribution in [-0.2, 0) is 33.3 Å². The molecule has 0 aliphatic carbocycles. The minimum atomic E-state index is -1.22. The molecule has 242 valence electrons. The number of benzene rings is 4. The fourth-order valence-electron chi connectivity index (χ4n) is 5.40. The quantitative estimate of drug-likeness (QED) is 0.102. The topological polar surface area (TPSA) is 110 Å². The van der Waals surface area contributed by atoms with E-state index in [0.29, 0.717) is 5.56 Å². The average molecular weight is 654 g/mol. The Balaban J connectivity index is 1.48. The lowest BCUT2D eigenvalue weighted by molar-refractivity contribution is -0.293. The van der Waals surface area contributed by atoms with Crippen LogP contribution in [0.15, 0.2) is 120 Å². The van der Waals surface area contributed by atoms with Gasteiger partial charge in [-0.3, -0.25) is 14.6 Å². The van der Waals surface area contributed by atoms with Crippen LogP contribution in [-0.4, -0.2) is 68.5 Å². The number of hydrogen-bond donors (Lipinski definition) is 0. The highest BCUT2D eigenvalue weighted by molar-refractivity contribution is 7.80. The van der Waals surface area contributed by atoms with E-state index in [-0.39, 0.29) is 6.54 Å². The molecule has 4 aromatic rings. The molecule has 0 amide bonds. The number of ether oxygens (including phenoxy) is 5. The molecule has 0 saturated carbocycles. The summed E-state index contributed by atoms with van der Waals surface area (Å²) in [6.07, 6.45) is -3.86. The summed E-state index contributed by atoms with van der Waals surface area (Å²) in [5.74, 6) is -1.96. The Morgan fingerprint density at radius 3 is 1.81 bits per heavy atom. The second-order valence-electron chi connectivity index (χ2n) is 10.7. The summed E-state index contributed by atoms with van der Waals surface area (Å²) < 4.78 is 28.7. The van der Waals surface area contributed by atoms with Crippen LogP contribution in [0, 0.1) is 0 Å². The van der Waals surface area contributed by atoms with Gasteiger partial charge >= 0.3 is 17.9 Å². The number of nitrogens with zero attached hydrogens (tertiary/aromatic N) is 1. The molecule has 0 unspecified atom stereocenters. The van der Waals surface area contributed by atoms with Gasteiger partial charge < -0.3 is 23.7 Å². The third-order valence-corrected chi connectivity index (χ3v) is 9.92. The Labute approximate surface area is 275 Å². The van der Waals surface area contributed by atoms with Crippen LogP contribution in [0.4, 0.5) is 0 Å². The summed E-state index contributed by atoms with van der Waals surface area (Å²) >= 11 is 0. The summed E-state index contributed by atoms with van der Waals surface area (Å²) in [6, 6.07) is 37.2. The van der Waals surface area contributed by atoms with Crippen LogP contribution in [0.25, 0.3) is 0 Å². The predicted molar refractivity (Wildman–Crippen MR) is 180 cm³/mol. The van der Waals surface area contributed by atoms with Gasteiger partial charge in [0.25, 0.3) is 0 Å². The van der Waals surface area contributed by atoms with Gasteiger partial charge in [0.15, 0.2) is 24.6 Å². The maximum absolute atomic E-state index is 13.3. The van der Waals surface area contributed by atoms with Crippen molar-refractivity contribution in [2.45, 2.75) is 44.6 Å². The number of aliphatic imine (C=N–C) groups is 1. The zero-order valence-electron chi connectivity index (χ0n) is 26.3. The molecule has 1 fully saturated rings. The van der Waals surface area contributed by atoms with E-state index < -0.39 is 56.5 Å². The van der Waals surface area contributed by atoms with Crippen molar-refractivity contribution in [2.24, 2.45) is 4.99 Å². The lowest BCUT2D eigenvalue weighted by Gasteiger charge is -2.43. The largest absolute Gasteiger partial charge is 0.454 e. The molecule has 1 aliphatic rings. The van der Waals surface area contributed by atoms with E-state index in [1.807, 2.05) is 54.6 Å². The molecule has 10 heteroatoms. The zero-order chi connectivity index (χ0) is 33.2. The van der Waals surface area contributed by atoms with E-state index >= 15 is 0 Å². The maximum Gasteiger partial charge on any atom is 0.338 e. The minimum Gasteiger partial charge on any atom is -0.454 e. The lowest BCUT2D eigenvalue weighted by atomic mass is 9.97. The summed E-state index contributed by atoms with van der Waals surface area (Å²) in [5.41, 5.74) is 1.20. The molecular weight excluding hydrogens is 617 g/mol. The van der Waals surface area contributed by atoms with E-state index in [4.69, 9.17) is 28.7 Å². The zero-order valence-corrected chi connectivity index (χ0v) is 27.2. The molecule has 47 heavy (non-hydrogen) atoms. The van der Waals surface area contributed by atoms with Crippen LogP contribution in [0.5, 0.6) is 0 Å². The first-order valence-corrected chi connectivity index (χ1v) is 16.5. The van der Waals surface area contributed by atoms with Crippen molar-refractivity contribution >= 4 is 48.0 Å². The van der Waals surface area contributed by atoms with Gasteiger partial charge in [-0.1, -0.05) is 103 Å². The second kappa shape index (κ2) is 16.2. The minimum absolute atomic E-state index is 0.0140. The highest BCUT2D eigenvalue weighted by Crippen LogP contribution is 2.34. The number of methoxy groups -OCH3 is 1. The Hall–Kier alpha value is -4.69. The van der Waals surface area contributed by atoms with Crippen molar-refractivity contribution in [1.82, 2.24) is 0 Å². The van der Waals surface area contributed by atoms with Gasteiger partial charge in [-0.2, -0.15) is 0 Å². The molecule has 9 nitrogen and oxygen atoms in total. The van der Waals surface area contributed by atoms with Gasteiger partial charge in [-0.05, 0) is 36.0 Å². The first-order valence-electron chi connectivity index (χ1n) is 15.1. The second-order valence-corrected chi connectivity index (χ2v) is 12.9. The maximum atomic E-state index is 13.3. The lowest BCUT2D eigenvalue weighted by Crippen LogP contribution is -2.62. The number of esters is 3. The van der Waals surface area contributed by atoms with Gasteiger partial charge in [-0.15, -0.1) is 0 Å². The van der Waals surface area contributed by atoms with Crippen LogP contribution >= 0.6 is 7.92 Å². The van der Waals surface area contributed by atoms with Gasteiger partial charge in [0.2, 0.25) is 0 Å². The van der Waals surface area contributed by atoms with E-state index in [1.165, 1.54) is 31.6 Å². The molecule has 0 radical (unpaired) electrons. The fraction of sp³-hybridized carbons (Fsp3) is 0.243. The molecule has 0 spiro atoms. The fourth-order valence-corrected chi connectivity index (χ4v) is 7.82. The number of rotatable bonds is 11. The van der Waals surface area contributed by atoms with Crippen LogP contribution in [0.1, 0.15) is 29.8 Å². The molecule has 0 aromatic heterocycles. The van der Waals surface area contributed by atoms with Gasteiger partial charge in [0.1, 0.15) is 6.10 Å². The Morgan fingerprint density at radius 1 is 0.702 bits per heavy atom. The van der Waals surface area contributed by atoms with E-state index in [2.05, 4.69) is 30.3 Å². The third kappa shape index (κ3) is 8.57. The van der Waals surface area contributed by atoms with Crippen molar-refractivity contribution in [2.75, 3.05) is 13.7 Å². The highest BCUT2D eigenvalue weighted by Gasteiger charge is 2.52. The smallest absolute Gasteiger partial charge is 0.338 e. The van der Waals surface area contributed by atoms with Crippen LogP contribution in [0.3, 0.4) is 0 Å². The first-order chi connectivity index (χ1) is 22.9. The molecule has 1 aliphatic heterocycles. The Bertz CT molecular complexity index is 1630. The van der Waals surface area contributed by atoms with Crippen molar-refractivity contribution in [1.29, 1.82) is 0 Å². The number of carbonyl (C=O) groups is 3. The van der Waals surface area contributed by atoms with Gasteiger partial charge in [0.05, 0.1) is 12.1 Å². The van der Waals surface area contributed by atoms with Crippen molar-refractivity contribution < 1.29 is 38.1 Å². The standard InChI is InChI=1S/C37H36NO8P/c1-25(39)43-34-33(46-36(41)27-15-7-4-8-16-27)31(45-37(42-3)35(34)44-26(2)40)24-38-23-28-17-13-14-22-32(28)47(29-18-9-5-10-19-29)30-20-11-6-12-21-30/h4-23,31,33-35,37H,24H2,1-3H3/t31-,33-,34+,35-,37+/m0/s1. The predicted octanol–water partition coefficient (Wildman–Crippen LogP) is 4.32. The Kier molecular flexibility index (Phi) is 11.6. The SMILES string of the molecule is CO[C@@H]1O[C@@H](CN=Cc2ccccc2P(c2ccccc2)c2ccccc2)[C@H](OC(=O)c2ccccc2)[C@@H](OC(C)=O)[C@@H]1OC(C)=O. The van der Waals surface area contributed by atoms with Gasteiger partial charge in [0, 0.05) is 32.7 Å². The molecule has 1 saturated heterocycles. The Morgan fingerprint density at radius 2 is 1.23 bits per heavy atom. The summed E-state index contributed by atoms with van der Waals surface area (Å²) in [4.78, 5) is 42.3. The summed E-state index contributed by atoms with van der Waals surface area (Å²) in [6.45, 7) is 2.45. The summed E-state index contributed by atoms with van der Waals surface area (Å²) in [5, 5.41) is 3.51. The van der Waals surface area contributed by atoms with E-state index in [0.717, 1.165) is 10.9 Å². The molecule has 1 heterocycles. The average Bonchev–Trinajstić information content (AvgIpc) is 3.08. The normalized spacial score (nSPS) is 20.9. The number of carbonyl (C=O) groups excluding carboxylic acids is 3. The molecule has 4 aromatic carbocycles.